The zero-order valence-electron chi connectivity index (χ0n) is 10.7. The van der Waals surface area contributed by atoms with Crippen molar-refractivity contribution >= 4 is 23.2 Å². The fourth-order valence-corrected chi connectivity index (χ4v) is 2.84. The molecule has 0 saturated carbocycles. The first kappa shape index (κ1) is 15.0. The van der Waals surface area contributed by atoms with E-state index in [2.05, 4.69) is 5.16 Å². The summed E-state index contributed by atoms with van der Waals surface area (Å²) in [4.78, 5) is 1.92. The molecule has 110 valence electrons. The molecule has 0 spiro atoms. The third kappa shape index (κ3) is 3.82. The van der Waals surface area contributed by atoms with Crippen LogP contribution in [0.5, 0.6) is 0 Å². The topological polar surface area (TPSA) is 35.8 Å². The van der Waals surface area contributed by atoms with E-state index in [1.165, 1.54) is 0 Å². The minimum Gasteiger partial charge on any atom is -0.411 e. The van der Waals surface area contributed by atoms with Crippen LogP contribution in [-0.4, -0.2) is 35.3 Å². The predicted molar refractivity (Wildman–Crippen MR) is 74.7 cm³/mol. The molecule has 0 atom stereocenters. The quantitative estimate of drug-likeness (QED) is 0.683. The monoisotopic (exact) mass is 304 g/mol. The first-order valence-electron chi connectivity index (χ1n) is 6.27. The van der Waals surface area contributed by atoms with Crippen molar-refractivity contribution in [1.82, 2.24) is 0 Å². The lowest BCUT2D eigenvalue weighted by Crippen LogP contribution is -2.27. The Morgan fingerprint density at radius 3 is 2.75 bits per heavy atom. The maximum Gasteiger partial charge on any atom is 0.441 e. The molecule has 0 unspecified atom stereocenters. The zero-order chi connectivity index (χ0) is 14.6. The largest absolute Gasteiger partial charge is 0.441 e. The third-order valence-electron chi connectivity index (χ3n) is 3.14. The summed E-state index contributed by atoms with van der Waals surface area (Å²) >= 11 is -0.00605. The maximum atomic E-state index is 12.2. The summed E-state index contributed by atoms with van der Waals surface area (Å²) in [5.41, 5.74) is -1.97. The number of anilines is 1. The van der Waals surface area contributed by atoms with Gasteiger partial charge in [-0.25, -0.2) is 0 Å². The number of para-hydroxylation sites is 1. The second-order valence-corrected chi connectivity index (χ2v) is 5.61. The molecule has 0 saturated heterocycles. The number of fused-ring (bicyclic) bond motifs is 1. The lowest BCUT2D eigenvalue weighted by atomic mass is 10.1. The molecule has 2 rings (SSSR count). The van der Waals surface area contributed by atoms with Gasteiger partial charge in [-0.05, 0) is 30.7 Å². The number of thioether (sulfide) groups is 1. The molecular formula is C13H15F3N2OS. The summed E-state index contributed by atoms with van der Waals surface area (Å²) < 4.78 is 36.6. The van der Waals surface area contributed by atoms with Gasteiger partial charge in [0.15, 0.2) is 0 Å². The van der Waals surface area contributed by atoms with E-state index in [0.29, 0.717) is 25.2 Å². The Hall–Kier alpha value is -1.37. The second-order valence-electron chi connectivity index (χ2n) is 4.45. The van der Waals surface area contributed by atoms with Crippen LogP contribution >= 0.6 is 11.8 Å². The van der Waals surface area contributed by atoms with E-state index in [-0.39, 0.29) is 17.5 Å². The van der Waals surface area contributed by atoms with Crippen LogP contribution in [0.25, 0.3) is 0 Å². The highest BCUT2D eigenvalue weighted by Gasteiger charge is 2.28. The highest BCUT2D eigenvalue weighted by molar-refractivity contribution is 8.00. The fourth-order valence-electron chi connectivity index (χ4n) is 2.29. The molecule has 1 aromatic rings. The summed E-state index contributed by atoms with van der Waals surface area (Å²) in [6.45, 7) is 0.981. The van der Waals surface area contributed by atoms with E-state index >= 15 is 0 Å². The minimum atomic E-state index is -4.19. The Labute approximate surface area is 119 Å². The van der Waals surface area contributed by atoms with E-state index in [0.717, 1.165) is 17.7 Å². The number of benzene rings is 1. The number of hydrogen-bond acceptors (Lipinski definition) is 4. The highest BCUT2D eigenvalue weighted by Crippen LogP contribution is 2.31. The van der Waals surface area contributed by atoms with E-state index in [1.54, 1.807) is 0 Å². The van der Waals surface area contributed by atoms with Crippen LogP contribution in [0.1, 0.15) is 18.4 Å². The lowest BCUT2D eigenvalue weighted by molar-refractivity contribution is -0.0327. The standard InChI is InChI=1S/C13H15F3N2OS/c14-13(15,16)20-9-8-18-7-3-5-11(17-19)10-4-1-2-6-12(10)18/h1-2,4,6,19H,3,5,7-9H2/b17-11-. The lowest BCUT2D eigenvalue weighted by Gasteiger charge is -2.24. The molecule has 0 fully saturated rings. The van der Waals surface area contributed by atoms with Gasteiger partial charge in [0.1, 0.15) is 0 Å². The average molecular weight is 304 g/mol. The van der Waals surface area contributed by atoms with Crippen LogP contribution in [0.2, 0.25) is 0 Å². The van der Waals surface area contributed by atoms with Gasteiger partial charge in [-0.15, -0.1) is 0 Å². The van der Waals surface area contributed by atoms with Gasteiger partial charge >= 0.3 is 5.51 Å². The Balaban J connectivity index is 2.14. The van der Waals surface area contributed by atoms with Crippen molar-refractivity contribution in [1.29, 1.82) is 0 Å². The molecule has 7 heteroatoms. The molecule has 1 N–H and O–H groups in total. The van der Waals surface area contributed by atoms with Gasteiger partial charge < -0.3 is 10.1 Å². The van der Waals surface area contributed by atoms with Gasteiger partial charge in [-0.2, -0.15) is 13.2 Å². The summed E-state index contributed by atoms with van der Waals surface area (Å²) in [6, 6.07) is 7.35. The molecule has 3 nitrogen and oxygen atoms in total. The number of alkyl halides is 3. The maximum absolute atomic E-state index is 12.2. The highest BCUT2D eigenvalue weighted by atomic mass is 32.2. The van der Waals surface area contributed by atoms with Gasteiger partial charge in [0, 0.05) is 30.1 Å². The molecule has 1 aliphatic rings. The van der Waals surface area contributed by atoms with Crippen molar-refractivity contribution in [2.45, 2.75) is 18.3 Å². The first-order chi connectivity index (χ1) is 9.51. The van der Waals surface area contributed by atoms with Crippen molar-refractivity contribution in [2.75, 3.05) is 23.7 Å². The van der Waals surface area contributed by atoms with Gasteiger partial charge in [-0.1, -0.05) is 23.4 Å². The minimum absolute atomic E-state index is 0.00605. The molecule has 0 aliphatic carbocycles. The smallest absolute Gasteiger partial charge is 0.411 e. The Morgan fingerprint density at radius 1 is 1.30 bits per heavy atom. The van der Waals surface area contributed by atoms with Crippen LogP contribution < -0.4 is 4.90 Å². The van der Waals surface area contributed by atoms with Crippen molar-refractivity contribution in [3.8, 4) is 0 Å². The van der Waals surface area contributed by atoms with Gasteiger partial charge in [0.2, 0.25) is 0 Å². The molecule has 0 amide bonds. The third-order valence-corrected chi connectivity index (χ3v) is 3.86. The Kier molecular flexibility index (Phi) is 4.80. The van der Waals surface area contributed by atoms with Gasteiger partial charge in [0.05, 0.1) is 5.71 Å². The number of rotatable bonds is 3. The predicted octanol–water partition coefficient (Wildman–Crippen LogP) is 3.72. The van der Waals surface area contributed by atoms with Crippen molar-refractivity contribution in [3.05, 3.63) is 29.8 Å². The molecule has 0 radical (unpaired) electrons. The molecule has 1 aliphatic heterocycles. The van der Waals surface area contributed by atoms with Crippen LogP contribution in [0.3, 0.4) is 0 Å². The summed E-state index contributed by atoms with van der Waals surface area (Å²) in [5, 5.41) is 12.4. The van der Waals surface area contributed by atoms with E-state index in [9.17, 15) is 13.2 Å². The Morgan fingerprint density at radius 2 is 2.05 bits per heavy atom. The van der Waals surface area contributed by atoms with Crippen molar-refractivity contribution in [2.24, 2.45) is 5.16 Å². The van der Waals surface area contributed by atoms with Crippen LogP contribution in [0.15, 0.2) is 29.4 Å². The molecule has 20 heavy (non-hydrogen) atoms. The molecule has 0 aromatic heterocycles. The number of hydrogen-bond donors (Lipinski definition) is 1. The Bertz CT molecular complexity index is 491. The zero-order valence-corrected chi connectivity index (χ0v) is 11.5. The second kappa shape index (κ2) is 6.39. The first-order valence-corrected chi connectivity index (χ1v) is 7.26. The van der Waals surface area contributed by atoms with Gasteiger partial charge in [-0.3, -0.25) is 0 Å². The number of nitrogens with zero attached hydrogens (tertiary/aromatic N) is 2. The van der Waals surface area contributed by atoms with Crippen LogP contribution in [0.4, 0.5) is 18.9 Å². The molecule has 1 heterocycles. The molecule has 0 bridgehead atoms. The fraction of sp³-hybridized carbons (Fsp3) is 0.462. The number of halogens is 3. The number of oxime groups is 1. The summed E-state index contributed by atoms with van der Waals surface area (Å²) in [5.74, 6) is -0.0105. The van der Waals surface area contributed by atoms with Crippen molar-refractivity contribution in [3.63, 3.8) is 0 Å². The van der Waals surface area contributed by atoms with E-state index < -0.39 is 5.51 Å². The summed E-state index contributed by atoms with van der Waals surface area (Å²) in [7, 11) is 0. The van der Waals surface area contributed by atoms with E-state index in [4.69, 9.17) is 5.21 Å². The normalized spacial score (nSPS) is 17.9. The molecular weight excluding hydrogens is 289 g/mol. The SMILES string of the molecule is O/N=C1/CCCN(CCSC(F)(F)F)c2ccccc21. The van der Waals surface area contributed by atoms with Gasteiger partial charge in [0.25, 0.3) is 0 Å². The summed E-state index contributed by atoms with van der Waals surface area (Å²) in [6.07, 6.45) is 1.38. The average Bonchev–Trinajstić information content (AvgIpc) is 2.57. The van der Waals surface area contributed by atoms with Crippen molar-refractivity contribution < 1.29 is 18.4 Å². The molecule has 1 aromatic carbocycles. The van der Waals surface area contributed by atoms with E-state index in [1.807, 2.05) is 29.2 Å². The van der Waals surface area contributed by atoms with Crippen LogP contribution in [0, 0.1) is 0 Å². The van der Waals surface area contributed by atoms with Crippen LogP contribution in [-0.2, 0) is 0 Å².